The number of nitrogens with one attached hydrogen (secondary N) is 1. The van der Waals surface area contributed by atoms with Gasteiger partial charge in [-0.05, 0) is 47.7 Å². The quantitative estimate of drug-likeness (QED) is 0.331. The van der Waals surface area contributed by atoms with Crippen molar-refractivity contribution >= 4 is 34.2 Å². The summed E-state index contributed by atoms with van der Waals surface area (Å²) in [6.45, 7) is 2.30. The second kappa shape index (κ2) is 11.4. The fourth-order valence-corrected chi connectivity index (χ4v) is 5.18. The number of carbonyl (C=O) groups is 3. The van der Waals surface area contributed by atoms with Gasteiger partial charge in [0.1, 0.15) is 18.3 Å². The zero-order valence-electron chi connectivity index (χ0n) is 22.1. The van der Waals surface area contributed by atoms with Gasteiger partial charge in [-0.3, -0.25) is 19.3 Å². The van der Waals surface area contributed by atoms with Crippen LogP contribution in [0.3, 0.4) is 0 Å². The first kappa shape index (κ1) is 26.0. The van der Waals surface area contributed by atoms with E-state index in [0.717, 1.165) is 21.9 Å². The molecule has 0 saturated carbocycles. The standard InChI is InChI=1S/C32H31N3O4/c1-3-33-31(37)28(19-22-10-5-4-6-11-22)34(20-23-12-7-15-25(18-23)39-2)29(36)21-35-27-17-9-14-24-13-8-16-26(30(24)27)32(35)38/h4-18,28H,3,19-21H2,1-2H3,(H,33,37)/t28-/m0/s1. The van der Waals surface area contributed by atoms with Crippen LogP contribution in [0, 0.1) is 0 Å². The molecule has 0 aliphatic carbocycles. The number of hydrogen-bond donors (Lipinski definition) is 1. The molecule has 7 heteroatoms. The van der Waals surface area contributed by atoms with Gasteiger partial charge >= 0.3 is 0 Å². The van der Waals surface area contributed by atoms with Gasteiger partial charge in [-0.1, -0.05) is 66.7 Å². The molecule has 0 spiro atoms. The van der Waals surface area contributed by atoms with E-state index in [4.69, 9.17) is 4.74 Å². The van der Waals surface area contributed by atoms with Gasteiger partial charge in [0.25, 0.3) is 5.91 Å². The smallest absolute Gasteiger partial charge is 0.259 e. The lowest BCUT2D eigenvalue weighted by Gasteiger charge is -2.33. The van der Waals surface area contributed by atoms with E-state index in [2.05, 4.69) is 5.32 Å². The molecule has 4 aromatic rings. The van der Waals surface area contributed by atoms with Crippen molar-refractivity contribution in [2.24, 2.45) is 0 Å². The van der Waals surface area contributed by atoms with Gasteiger partial charge in [0.05, 0.1) is 12.8 Å². The molecular formula is C32H31N3O4. The second-order valence-corrected chi connectivity index (χ2v) is 9.55. The number of likely N-dealkylation sites (N-methyl/N-ethyl adjacent to an activating group) is 1. The van der Waals surface area contributed by atoms with E-state index in [1.54, 1.807) is 18.1 Å². The van der Waals surface area contributed by atoms with Crippen LogP contribution in [0.4, 0.5) is 5.69 Å². The third kappa shape index (κ3) is 5.34. The average Bonchev–Trinajstić information content (AvgIpc) is 3.23. The Labute approximate surface area is 228 Å². The van der Waals surface area contributed by atoms with Crippen molar-refractivity contribution in [1.29, 1.82) is 0 Å². The molecule has 1 aliphatic rings. The highest BCUT2D eigenvalue weighted by Crippen LogP contribution is 2.37. The summed E-state index contributed by atoms with van der Waals surface area (Å²) in [4.78, 5) is 44.1. The van der Waals surface area contributed by atoms with Crippen LogP contribution in [0.15, 0.2) is 91.0 Å². The minimum atomic E-state index is -0.776. The van der Waals surface area contributed by atoms with Crippen molar-refractivity contribution in [2.45, 2.75) is 25.9 Å². The fraction of sp³-hybridized carbons (Fsp3) is 0.219. The molecule has 0 aromatic heterocycles. The maximum Gasteiger partial charge on any atom is 0.259 e. The van der Waals surface area contributed by atoms with Gasteiger partial charge in [0.2, 0.25) is 11.8 Å². The Balaban J connectivity index is 1.51. The van der Waals surface area contributed by atoms with Gasteiger partial charge in [-0.15, -0.1) is 0 Å². The fourth-order valence-electron chi connectivity index (χ4n) is 5.18. The Kier molecular flexibility index (Phi) is 7.59. The molecular weight excluding hydrogens is 490 g/mol. The third-order valence-electron chi connectivity index (χ3n) is 7.05. The van der Waals surface area contributed by atoms with Crippen molar-refractivity contribution in [2.75, 3.05) is 25.1 Å². The number of nitrogens with zero attached hydrogens (tertiary/aromatic N) is 2. The highest BCUT2D eigenvalue weighted by atomic mass is 16.5. The summed E-state index contributed by atoms with van der Waals surface area (Å²) >= 11 is 0. The van der Waals surface area contributed by atoms with E-state index in [9.17, 15) is 14.4 Å². The van der Waals surface area contributed by atoms with E-state index in [1.807, 2.05) is 91.9 Å². The van der Waals surface area contributed by atoms with Crippen molar-refractivity contribution < 1.29 is 19.1 Å². The maximum absolute atomic E-state index is 14.1. The first-order valence-corrected chi connectivity index (χ1v) is 13.1. The normalized spacial score (nSPS) is 12.9. The molecule has 1 heterocycles. The number of amides is 3. The zero-order valence-corrected chi connectivity index (χ0v) is 22.1. The van der Waals surface area contributed by atoms with Crippen molar-refractivity contribution in [3.63, 3.8) is 0 Å². The predicted molar refractivity (Wildman–Crippen MR) is 152 cm³/mol. The molecule has 1 aliphatic heterocycles. The number of ether oxygens (including phenoxy) is 1. The molecule has 3 amide bonds. The molecule has 0 unspecified atom stereocenters. The lowest BCUT2D eigenvalue weighted by molar-refractivity contribution is -0.140. The molecule has 0 radical (unpaired) electrons. The summed E-state index contributed by atoms with van der Waals surface area (Å²) in [6, 6.07) is 27.6. The van der Waals surface area contributed by atoms with Crippen LogP contribution in [0.1, 0.15) is 28.4 Å². The molecule has 0 bridgehead atoms. The molecule has 1 atom stereocenters. The van der Waals surface area contributed by atoms with Crippen molar-refractivity contribution in [3.05, 3.63) is 108 Å². The topological polar surface area (TPSA) is 79.0 Å². The lowest BCUT2D eigenvalue weighted by Crippen LogP contribution is -2.53. The number of rotatable bonds is 10. The summed E-state index contributed by atoms with van der Waals surface area (Å²) in [5.41, 5.74) is 3.05. The zero-order chi connectivity index (χ0) is 27.4. The molecule has 4 aromatic carbocycles. The van der Waals surface area contributed by atoms with Gasteiger partial charge in [-0.25, -0.2) is 0 Å². The Morgan fingerprint density at radius 1 is 0.923 bits per heavy atom. The Morgan fingerprint density at radius 3 is 2.38 bits per heavy atom. The summed E-state index contributed by atoms with van der Waals surface area (Å²) in [7, 11) is 1.59. The molecule has 0 saturated heterocycles. The van der Waals surface area contributed by atoms with Crippen molar-refractivity contribution in [3.8, 4) is 5.75 Å². The Bertz CT molecular complexity index is 1510. The molecule has 0 fully saturated rings. The Hall–Kier alpha value is -4.65. The average molecular weight is 522 g/mol. The Morgan fingerprint density at radius 2 is 1.64 bits per heavy atom. The summed E-state index contributed by atoms with van der Waals surface area (Å²) in [5.74, 6) is -0.109. The van der Waals surface area contributed by atoms with Crippen LogP contribution in [0.5, 0.6) is 5.75 Å². The molecule has 198 valence electrons. The van der Waals surface area contributed by atoms with E-state index in [0.29, 0.717) is 30.0 Å². The van der Waals surface area contributed by atoms with Crippen LogP contribution in [0.25, 0.3) is 10.8 Å². The lowest BCUT2D eigenvalue weighted by atomic mass is 10.0. The first-order valence-electron chi connectivity index (χ1n) is 13.1. The minimum absolute atomic E-state index is 0.179. The molecule has 7 nitrogen and oxygen atoms in total. The van der Waals surface area contributed by atoms with Crippen LogP contribution < -0.4 is 15.0 Å². The van der Waals surface area contributed by atoms with E-state index in [-0.39, 0.29) is 30.8 Å². The number of carbonyl (C=O) groups excluding carboxylic acids is 3. The largest absolute Gasteiger partial charge is 0.497 e. The van der Waals surface area contributed by atoms with E-state index >= 15 is 0 Å². The second-order valence-electron chi connectivity index (χ2n) is 9.55. The van der Waals surface area contributed by atoms with Crippen LogP contribution in [0.2, 0.25) is 0 Å². The maximum atomic E-state index is 14.1. The third-order valence-corrected chi connectivity index (χ3v) is 7.05. The minimum Gasteiger partial charge on any atom is -0.497 e. The van der Waals surface area contributed by atoms with Gasteiger partial charge in [-0.2, -0.15) is 0 Å². The molecule has 1 N–H and O–H groups in total. The van der Waals surface area contributed by atoms with Crippen LogP contribution in [-0.4, -0.2) is 48.9 Å². The summed E-state index contributed by atoms with van der Waals surface area (Å²) in [6.07, 6.45) is 0.339. The van der Waals surface area contributed by atoms with E-state index < -0.39 is 6.04 Å². The molecule has 39 heavy (non-hydrogen) atoms. The first-order chi connectivity index (χ1) is 19.0. The summed E-state index contributed by atoms with van der Waals surface area (Å²) in [5, 5.41) is 4.70. The van der Waals surface area contributed by atoms with Gasteiger partial charge in [0.15, 0.2) is 0 Å². The monoisotopic (exact) mass is 521 g/mol. The molecule has 5 rings (SSSR count). The van der Waals surface area contributed by atoms with E-state index in [1.165, 1.54) is 4.90 Å². The van der Waals surface area contributed by atoms with Gasteiger partial charge in [0, 0.05) is 30.5 Å². The van der Waals surface area contributed by atoms with Crippen LogP contribution in [-0.2, 0) is 22.6 Å². The summed E-state index contributed by atoms with van der Waals surface area (Å²) < 4.78 is 5.39. The highest BCUT2D eigenvalue weighted by Gasteiger charge is 2.35. The van der Waals surface area contributed by atoms with Crippen molar-refractivity contribution in [1.82, 2.24) is 10.2 Å². The highest BCUT2D eigenvalue weighted by molar-refractivity contribution is 6.26. The number of hydrogen-bond acceptors (Lipinski definition) is 4. The van der Waals surface area contributed by atoms with Crippen LogP contribution >= 0.6 is 0 Å². The number of anilines is 1. The number of methoxy groups -OCH3 is 1. The predicted octanol–water partition coefficient (Wildman–Crippen LogP) is 4.58. The SMILES string of the molecule is CCNC(=O)[C@H](Cc1ccccc1)N(Cc1cccc(OC)c1)C(=O)CN1C(=O)c2cccc3cccc1c23. The number of benzene rings is 4. The van der Waals surface area contributed by atoms with Gasteiger partial charge < -0.3 is 15.0 Å².